The number of primary sulfonamides is 1. The standard InChI is InChI=1S/C18H24N4O4S2/c1-21(2)11-10-13(12-27-14-6-4-3-5-7-14)15-8-9-16(28(20,25)26)17(19)18(15)22(23)24/h3-9,13H,10-12,19H2,1-2H3,(H2,20,25,26)/t13-/m0/s1. The SMILES string of the molecule is CN(C)CC[C@@H](CSc1ccccc1)c1ccc(S(N)(=O)=O)c(N)c1[N+](=O)[O-]. The van der Waals surface area contributed by atoms with Crippen LogP contribution in [0.15, 0.2) is 52.3 Å². The number of hydrogen-bond acceptors (Lipinski definition) is 7. The van der Waals surface area contributed by atoms with Gasteiger partial charge in [-0.2, -0.15) is 0 Å². The van der Waals surface area contributed by atoms with Crippen LogP contribution in [0.2, 0.25) is 0 Å². The molecule has 0 aliphatic carbocycles. The van der Waals surface area contributed by atoms with Crippen molar-refractivity contribution in [1.29, 1.82) is 0 Å². The second kappa shape index (κ2) is 9.37. The maximum Gasteiger partial charge on any atom is 0.296 e. The number of thioether (sulfide) groups is 1. The molecule has 2 rings (SSSR count). The van der Waals surface area contributed by atoms with Gasteiger partial charge in [0.1, 0.15) is 10.6 Å². The second-order valence-corrected chi connectivity index (χ2v) is 9.25. The third-order valence-electron chi connectivity index (χ3n) is 4.26. The normalized spacial score (nSPS) is 12.9. The lowest BCUT2D eigenvalue weighted by Crippen LogP contribution is -2.19. The van der Waals surface area contributed by atoms with E-state index in [0.717, 1.165) is 4.90 Å². The first kappa shape index (κ1) is 22.2. The van der Waals surface area contributed by atoms with E-state index in [4.69, 9.17) is 10.9 Å². The third kappa shape index (κ3) is 5.68. The summed E-state index contributed by atoms with van der Waals surface area (Å²) in [5.41, 5.74) is 5.47. The number of nitro benzene ring substituents is 1. The number of nitrogens with two attached hydrogens (primary N) is 2. The van der Waals surface area contributed by atoms with Gasteiger partial charge >= 0.3 is 0 Å². The van der Waals surface area contributed by atoms with Crippen LogP contribution in [0.3, 0.4) is 0 Å². The lowest BCUT2D eigenvalue weighted by molar-refractivity contribution is -0.384. The van der Waals surface area contributed by atoms with Crippen molar-refractivity contribution in [3.63, 3.8) is 0 Å². The number of sulfonamides is 1. The summed E-state index contributed by atoms with van der Waals surface area (Å²) in [6.45, 7) is 0.716. The number of rotatable bonds is 9. The number of benzene rings is 2. The Labute approximate surface area is 169 Å². The minimum Gasteiger partial charge on any atom is -0.392 e. The monoisotopic (exact) mass is 424 g/mol. The fourth-order valence-electron chi connectivity index (χ4n) is 2.84. The fraction of sp³-hybridized carbons (Fsp3) is 0.333. The largest absolute Gasteiger partial charge is 0.392 e. The van der Waals surface area contributed by atoms with Gasteiger partial charge < -0.3 is 10.6 Å². The Morgan fingerprint density at radius 3 is 2.36 bits per heavy atom. The van der Waals surface area contributed by atoms with E-state index in [1.807, 2.05) is 49.3 Å². The highest BCUT2D eigenvalue weighted by Crippen LogP contribution is 2.39. The van der Waals surface area contributed by atoms with Crippen molar-refractivity contribution in [2.75, 3.05) is 32.1 Å². The molecule has 0 aliphatic heterocycles. The van der Waals surface area contributed by atoms with Crippen molar-refractivity contribution in [3.8, 4) is 0 Å². The molecule has 28 heavy (non-hydrogen) atoms. The first-order valence-corrected chi connectivity index (χ1v) is 11.1. The molecule has 0 amide bonds. The summed E-state index contributed by atoms with van der Waals surface area (Å²) >= 11 is 1.59. The van der Waals surface area contributed by atoms with Crippen LogP contribution in [0.25, 0.3) is 0 Å². The summed E-state index contributed by atoms with van der Waals surface area (Å²) in [7, 11) is -0.306. The van der Waals surface area contributed by atoms with E-state index < -0.39 is 25.5 Å². The molecule has 0 saturated carbocycles. The number of nitro groups is 1. The lowest BCUT2D eigenvalue weighted by atomic mass is 9.95. The molecule has 1 atom stereocenters. The third-order valence-corrected chi connectivity index (χ3v) is 6.40. The van der Waals surface area contributed by atoms with Crippen LogP contribution in [0.4, 0.5) is 11.4 Å². The van der Waals surface area contributed by atoms with Crippen molar-refractivity contribution in [1.82, 2.24) is 4.90 Å². The predicted molar refractivity (Wildman–Crippen MR) is 112 cm³/mol. The average molecular weight is 425 g/mol. The van der Waals surface area contributed by atoms with Crippen LogP contribution in [0.1, 0.15) is 17.9 Å². The highest BCUT2D eigenvalue weighted by Gasteiger charge is 2.29. The summed E-state index contributed by atoms with van der Waals surface area (Å²) in [6.07, 6.45) is 0.655. The van der Waals surface area contributed by atoms with Gasteiger partial charge in [-0.05, 0) is 45.3 Å². The van der Waals surface area contributed by atoms with E-state index in [2.05, 4.69) is 0 Å². The highest BCUT2D eigenvalue weighted by atomic mass is 32.2. The maximum absolute atomic E-state index is 11.7. The van der Waals surface area contributed by atoms with E-state index in [1.54, 1.807) is 11.8 Å². The van der Waals surface area contributed by atoms with Crippen LogP contribution in [-0.2, 0) is 10.0 Å². The first-order valence-electron chi connectivity index (χ1n) is 8.53. The van der Waals surface area contributed by atoms with Gasteiger partial charge in [-0.15, -0.1) is 11.8 Å². The van der Waals surface area contributed by atoms with E-state index >= 15 is 0 Å². The molecular weight excluding hydrogens is 400 g/mol. The molecule has 152 valence electrons. The molecule has 10 heteroatoms. The Bertz CT molecular complexity index is 934. The number of nitrogens with zero attached hydrogens (tertiary/aromatic N) is 2. The molecule has 0 unspecified atom stereocenters. The van der Waals surface area contributed by atoms with Gasteiger partial charge in [0.05, 0.1) is 4.92 Å². The Morgan fingerprint density at radius 2 is 1.82 bits per heavy atom. The quantitative estimate of drug-likeness (QED) is 0.274. The van der Waals surface area contributed by atoms with E-state index in [0.29, 0.717) is 24.3 Å². The van der Waals surface area contributed by atoms with Gasteiger partial charge in [0.15, 0.2) is 0 Å². The van der Waals surface area contributed by atoms with E-state index in [-0.39, 0.29) is 11.6 Å². The summed E-state index contributed by atoms with van der Waals surface area (Å²) in [5, 5.41) is 16.9. The second-order valence-electron chi connectivity index (χ2n) is 6.63. The van der Waals surface area contributed by atoms with Crippen LogP contribution in [0.5, 0.6) is 0 Å². The number of hydrogen-bond donors (Lipinski definition) is 2. The van der Waals surface area contributed by atoms with Crippen LogP contribution < -0.4 is 10.9 Å². The molecule has 2 aromatic rings. The summed E-state index contributed by atoms with van der Waals surface area (Å²) in [5.74, 6) is 0.400. The molecule has 0 heterocycles. The van der Waals surface area contributed by atoms with Crippen LogP contribution >= 0.6 is 11.8 Å². The van der Waals surface area contributed by atoms with Crippen molar-refractivity contribution < 1.29 is 13.3 Å². The molecule has 0 aliphatic rings. The lowest BCUT2D eigenvalue weighted by Gasteiger charge is -2.20. The van der Waals surface area contributed by atoms with Gasteiger partial charge in [0.25, 0.3) is 5.69 Å². The van der Waals surface area contributed by atoms with Gasteiger partial charge in [-0.3, -0.25) is 10.1 Å². The summed E-state index contributed by atoms with van der Waals surface area (Å²) in [6, 6.07) is 12.4. The van der Waals surface area contributed by atoms with Crippen LogP contribution in [-0.4, -0.2) is 44.6 Å². The van der Waals surface area contributed by atoms with Gasteiger partial charge in [0, 0.05) is 22.1 Å². The topological polar surface area (TPSA) is 133 Å². The fourth-order valence-corrected chi connectivity index (χ4v) is 4.59. The number of nitrogen functional groups attached to an aromatic ring is 1. The molecule has 0 fully saturated rings. The molecule has 0 aromatic heterocycles. The van der Waals surface area contributed by atoms with E-state index in [1.165, 1.54) is 12.1 Å². The average Bonchev–Trinajstić information content (AvgIpc) is 2.60. The van der Waals surface area contributed by atoms with Gasteiger partial charge in [-0.1, -0.05) is 24.3 Å². The summed E-state index contributed by atoms with van der Waals surface area (Å²) < 4.78 is 23.4. The Hall–Kier alpha value is -2.14. The highest BCUT2D eigenvalue weighted by molar-refractivity contribution is 7.99. The van der Waals surface area contributed by atoms with Crippen LogP contribution in [0, 0.1) is 10.1 Å². The molecule has 0 radical (unpaired) electrons. The zero-order valence-electron chi connectivity index (χ0n) is 15.7. The van der Waals surface area contributed by atoms with E-state index in [9.17, 15) is 18.5 Å². The molecule has 8 nitrogen and oxygen atoms in total. The molecule has 0 spiro atoms. The van der Waals surface area contributed by atoms with Crippen molar-refractivity contribution >= 4 is 33.2 Å². The smallest absolute Gasteiger partial charge is 0.296 e. The molecule has 0 saturated heterocycles. The zero-order chi connectivity index (χ0) is 20.9. The molecule has 2 aromatic carbocycles. The maximum atomic E-state index is 11.7. The van der Waals surface area contributed by atoms with Crippen molar-refractivity contribution in [3.05, 3.63) is 58.1 Å². The Balaban J connectivity index is 2.45. The Morgan fingerprint density at radius 1 is 1.18 bits per heavy atom. The minimum atomic E-state index is -4.16. The van der Waals surface area contributed by atoms with Gasteiger partial charge in [0.2, 0.25) is 10.0 Å². The minimum absolute atomic E-state index is 0.190. The number of anilines is 1. The van der Waals surface area contributed by atoms with Crippen molar-refractivity contribution in [2.45, 2.75) is 22.1 Å². The zero-order valence-corrected chi connectivity index (χ0v) is 17.4. The predicted octanol–water partition coefficient (Wildman–Crippen LogP) is 2.65. The summed E-state index contributed by atoms with van der Waals surface area (Å²) in [4.78, 5) is 13.7. The Kier molecular flexibility index (Phi) is 7.41. The molecular formula is C18H24N4O4S2. The first-order chi connectivity index (χ1) is 13.1. The molecule has 4 N–H and O–H groups in total. The van der Waals surface area contributed by atoms with Gasteiger partial charge in [-0.25, -0.2) is 13.6 Å². The molecule has 0 bridgehead atoms. The van der Waals surface area contributed by atoms with Crippen molar-refractivity contribution in [2.24, 2.45) is 5.14 Å².